The van der Waals surface area contributed by atoms with E-state index in [1.165, 1.54) is 11.5 Å². The first kappa shape index (κ1) is 16.9. The number of aryl methyl sites for hydroxylation is 1. The van der Waals surface area contributed by atoms with E-state index in [4.69, 9.17) is 4.74 Å². The lowest BCUT2D eigenvalue weighted by Crippen LogP contribution is -2.38. The highest BCUT2D eigenvalue weighted by atomic mass is 32.1. The average molecular weight is 346 g/mol. The van der Waals surface area contributed by atoms with Gasteiger partial charge in [0.1, 0.15) is 6.10 Å². The van der Waals surface area contributed by atoms with Gasteiger partial charge >= 0.3 is 0 Å². The lowest BCUT2D eigenvalue weighted by molar-refractivity contribution is 0.0996. The molecule has 1 N–H and O–H groups in total. The molecule has 3 heterocycles. The van der Waals surface area contributed by atoms with Crippen molar-refractivity contribution in [2.75, 3.05) is 25.0 Å². The van der Waals surface area contributed by atoms with E-state index >= 15 is 0 Å². The number of rotatable bonds is 5. The summed E-state index contributed by atoms with van der Waals surface area (Å²) in [6.45, 7) is 7.25. The Morgan fingerprint density at radius 2 is 2.21 bits per heavy atom. The fourth-order valence-electron chi connectivity index (χ4n) is 2.75. The summed E-state index contributed by atoms with van der Waals surface area (Å²) >= 11 is 1.28. The molecule has 2 aromatic rings. The molecule has 0 unspecified atom stereocenters. The van der Waals surface area contributed by atoms with Gasteiger partial charge in [-0.05, 0) is 43.9 Å². The van der Waals surface area contributed by atoms with E-state index in [0.717, 1.165) is 38.2 Å². The smallest absolute Gasteiger partial charge is 0.258 e. The number of piperidine rings is 1. The zero-order chi connectivity index (χ0) is 16.9. The van der Waals surface area contributed by atoms with Crippen molar-refractivity contribution in [3.63, 3.8) is 0 Å². The number of carbonyl (C=O) groups excluding carboxylic acids is 1. The third kappa shape index (κ3) is 4.10. The third-order valence-electron chi connectivity index (χ3n) is 4.26. The van der Waals surface area contributed by atoms with Crippen molar-refractivity contribution in [1.82, 2.24) is 14.3 Å². The first-order valence-corrected chi connectivity index (χ1v) is 9.06. The number of nitrogens with zero attached hydrogens (tertiary/aromatic N) is 3. The molecule has 7 heteroatoms. The van der Waals surface area contributed by atoms with E-state index < -0.39 is 0 Å². The molecule has 3 rings (SSSR count). The minimum Gasteiger partial charge on any atom is -0.474 e. The van der Waals surface area contributed by atoms with Gasteiger partial charge in [0.15, 0.2) is 0 Å². The van der Waals surface area contributed by atoms with Crippen LogP contribution in [-0.2, 0) is 0 Å². The van der Waals surface area contributed by atoms with Gasteiger partial charge in [-0.15, -0.1) is 0 Å². The van der Waals surface area contributed by atoms with Gasteiger partial charge in [-0.1, -0.05) is 6.92 Å². The summed E-state index contributed by atoms with van der Waals surface area (Å²) in [6, 6.07) is 3.62. The molecule has 1 fully saturated rings. The number of amides is 1. The van der Waals surface area contributed by atoms with Crippen molar-refractivity contribution in [2.45, 2.75) is 32.8 Å². The molecule has 24 heavy (non-hydrogen) atoms. The van der Waals surface area contributed by atoms with Crippen molar-refractivity contribution in [2.24, 2.45) is 0 Å². The van der Waals surface area contributed by atoms with Crippen LogP contribution in [0.2, 0.25) is 0 Å². The molecule has 1 amide bonds. The molecule has 0 aromatic carbocycles. The Bertz CT molecular complexity index is 678. The molecule has 1 aliphatic rings. The minimum absolute atomic E-state index is 0.163. The zero-order valence-electron chi connectivity index (χ0n) is 14.0. The Morgan fingerprint density at radius 3 is 2.79 bits per heavy atom. The van der Waals surface area contributed by atoms with Crippen LogP contribution in [0.3, 0.4) is 0 Å². The van der Waals surface area contributed by atoms with Crippen molar-refractivity contribution in [3.8, 4) is 5.88 Å². The number of pyridine rings is 1. The maximum Gasteiger partial charge on any atom is 0.258 e. The molecule has 1 aliphatic heterocycles. The second-order valence-corrected chi connectivity index (χ2v) is 6.53. The van der Waals surface area contributed by atoms with Gasteiger partial charge in [0, 0.05) is 24.5 Å². The quantitative estimate of drug-likeness (QED) is 0.901. The summed E-state index contributed by atoms with van der Waals surface area (Å²) in [5, 5.41) is 4.58. The SMILES string of the molecule is CCN1CCC(Oc2ccc(NC(=O)c3csnc3C)cn2)CC1. The fourth-order valence-corrected chi connectivity index (χ4v) is 3.44. The zero-order valence-corrected chi connectivity index (χ0v) is 14.8. The van der Waals surface area contributed by atoms with Crippen LogP contribution < -0.4 is 10.1 Å². The topological polar surface area (TPSA) is 67.3 Å². The van der Waals surface area contributed by atoms with Gasteiger partial charge < -0.3 is 15.0 Å². The lowest BCUT2D eigenvalue weighted by Gasteiger charge is -2.30. The van der Waals surface area contributed by atoms with Crippen LogP contribution in [0.4, 0.5) is 5.69 Å². The largest absolute Gasteiger partial charge is 0.474 e. The van der Waals surface area contributed by atoms with Gasteiger partial charge in [-0.2, -0.15) is 4.37 Å². The van der Waals surface area contributed by atoms with Gasteiger partial charge in [0.2, 0.25) is 5.88 Å². The van der Waals surface area contributed by atoms with Crippen LogP contribution >= 0.6 is 11.5 Å². The van der Waals surface area contributed by atoms with Crippen LogP contribution in [0.25, 0.3) is 0 Å². The Balaban J connectivity index is 1.54. The highest BCUT2D eigenvalue weighted by molar-refractivity contribution is 7.04. The summed E-state index contributed by atoms with van der Waals surface area (Å²) in [4.78, 5) is 18.9. The maximum atomic E-state index is 12.1. The Morgan fingerprint density at radius 1 is 1.42 bits per heavy atom. The van der Waals surface area contributed by atoms with Crippen LogP contribution in [-0.4, -0.2) is 45.9 Å². The first-order chi connectivity index (χ1) is 11.7. The summed E-state index contributed by atoms with van der Waals surface area (Å²) in [5.41, 5.74) is 1.99. The lowest BCUT2D eigenvalue weighted by atomic mass is 10.1. The van der Waals surface area contributed by atoms with Crippen molar-refractivity contribution < 1.29 is 9.53 Å². The monoisotopic (exact) mass is 346 g/mol. The second kappa shape index (κ2) is 7.72. The normalized spacial score (nSPS) is 16.1. The molecule has 128 valence electrons. The van der Waals surface area contributed by atoms with Gasteiger partial charge in [0.25, 0.3) is 5.91 Å². The number of carbonyl (C=O) groups is 1. The molecule has 0 radical (unpaired) electrons. The average Bonchev–Trinajstić information content (AvgIpc) is 3.03. The molecule has 6 nitrogen and oxygen atoms in total. The minimum atomic E-state index is -0.163. The third-order valence-corrected chi connectivity index (χ3v) is 4.98. The predicted octanol–water partition coefficient (Wildman–Crippen LogP) is 2.96. The van der Waals surface area contributed by atoms with Crippen molar-refractivity contribution in [3.05, 3.63) is 35.0 Å². The van der Waals surface area contributed by atoms with Crippen LogP contribution in [0.15, 0.2) is 23.7 Å². The molecule has 0 atom stereocenters. The van der Waals surface area contributed by atoms with Gasteiger partial charge in [-0.25, -0.2) is 4.98 Å². The number of nitrogens with one attached hydrogen (secondary N) is 1. The molecule has 0 bridgehead atoms. The van der Waals surface area contributed by atoms with E-state index in [1.54, 1.807) is 17.6 Å². The summed E-state index contributed by atoms with van der Waals surface area (Å²) in [5.74, 6) is 0.444. The van der Waals surface area contributed by atoms with Crippen LogP contribution in [0.1, 0.15) is 35.8 Å². The molecule has 1 saturated heterocycles. The number of hydrogen-bond acceptors (Lipinski definition) is 6. The van der Waals surface area contributed by atoms with E-state index in [-0.39, 0.29) is 12.0 Å². The maximum absolute atomic E-state index is 12.1. The number of likely N-dealkylation sites (tertiary alicyclic amines) is 1. The van der Waals surface area contributed by atoms with Crippen LogP contribution in [0, 0.1) is 6.92 Å². The van der Waals surface area contributed by atoms with Crippen LogP contribution in [0.5, 0.6) is 5.88 Å². The van der Waals surface area contributed by atoms with Gasteiger partial charge in [-0.3, -0.25) is 4.79 Å². The predicted molar refractivity (Wildman–Crippen MR) is 94.8 cm³/mol. The molecule has 0 saturated carbocycles. The number of aromatic nitrogens is 2. The standard InChI is InChI=1S/C17H22N4O2S/c1-3-21-8-6-14(7-9-21)23-16-5-4-13(10-18-16)19-17(22)15-11-24-20-12(15)2/h4-5,10-11,14H,3,6-9H2,1-2H3,(H,19,22). The van der Waals surface area contributed by atoms with Crippen molar-refractivity contribution in [1.29, 1.82) is 0 Å². The molecular formula is C17H22N4O2S. The number of hydrogen-bond donors (Lipinski definition) is 1. The van der Waals surface area contributed by atoms with E-state index in [1.807, 2.05) is 13.0 Å². The van der Waals surface area contributed by atoms with E-state index in [9.17, 15) is 4.79 Å². The van der Waals surface area contributed by atoms with E-state index in [0.29, 0.717) is 17.1 Å². The summed E-state index contributed by atoms with van der Waals surface area (Å²) in [7, 11) is 0. The van der Waals surface area contributed by atoms with Gasteiger partial charge in [0.05, 0.1) is 23.1 Å². The highest BCUT2D eigenvalue weighted by Crippen LogP contribution is 2.19. The number of ether oxygens (including phenoxy) is 1. The first-order valence-electron chi connectivity index (χ1n) is 8.23. The van der Waals surface area contributed by atoms with E-state index in [2.05, 4.69) is 26.5 Å². The molecule has 2 aromatic heterocycles. The second-order valence-electron chi connectivity index (χ2n) is 5.90. The Labute approximate surface area is 146 Å². The molecule has 0 aliphatic carbocycles. The highest BCUT2D eigenvalue weighted by Gasteiger charge is 2.19. The fraction of sp³-hybridized carbons (Fsp3) is 0.471. The Hall–Kier alpha value is -1.99. The Kier molecular flexibility index (Phi) is 5.42. The molecular weight excluding hydrogens is 324 g/mol. The molecule has 0 spiro atoms. The summed E-state index contributed by atoms with van der Waals surface area (Å²) < 4.78 is 10.1. The van der Waals surface area contributed by atoms with Crippen molar-refractivity contribution >= 4 is 23.1 Å². The summed E-state index contributed by atoms with van der Waals surface area (Å²) in [6.07, 6.45) is 3.90. The number of anilines is 1.